The summed E-state index contributed by atoms with van der Waals surface area (Å²) in [7, 11) is 0. The molecule has 14 heteroatoms. The van der Waals surface area contributed by atoms with E-state index in [2.05, 4.69) is 40.5 Å². The van der Waals surface area contributed by atoms with E-state index < -0.39 is 0 Å². The Labute approximate surface area is 216 Å². The van der Waals surface area contributed by atoms with Gasteiger partial charge < -0.3 is 30.1 Å². The highest BCUT2D eigenvalue weighted by molar-refractivity contribution is 5.61. The predicted molar refractivity (Wildman–Crippen MR) is 137 cm³/mol. The minimum Gasteiger partial charge on any atom is -0.486 e. The number of rotatable bonds is 9. The Hall–Kier alpha value is -4.72. The summed E-state index contributed by atoms with van der Waals surface area (Å²) in [5.41, 5.74) is 7.87. The maximum Gasteiger partial charge on any atom is 0.228 e. The number of furan rings is 1. The maximum atomic E-state index is 14.8. The number of nitrogens with zero attached hydrogens (tertiary/aromatic N) is 8. The van der Waals surface area contributed by atoms with Crippen molar-refractivity contribution in [3.8, 4) is 17.2 Å². The molecule has 1 aliphatic rings. The lowest BCUT2D eigenvalue weighted by Gasteiger charge is -2.36. The first-order chi connectivity index (χ1) is 18.6. The lowest BCUT2D eigenvalue weighted by atomic mass is 10.2. The van der Waals surface area contributed by atoms with Crippen molar-refractivity contribution in [1.29, 1.82) is 0 Å². The first kappa shape index (κ1) is 23.7. The van der Waals surface area contributed by atoms with Gasteiger partial charge in [0.2, 0.25) is 11.9 Å². The molecule has 5 aromatic rings. The molecule has 38 heavy (non-hydrogen) atoms. The highest BCUT2D eigenvalue weighted by Crippen LogP contribution is 2.26. The number of hydrogen-bond acceptors (Lipinski definition) is 11. The van der Waals surface area contributed by atoms with E-state index >= 15 is 0 Å². The van der Waals surface area contributed by atoms with Crippen LogP contribution in [0.4, 0.5) is 22.0 Å². The molecule has 5 heterocycles. The van der Waals surface area contributed by atoms with Crippen molar-refractivity contribution in [3.63, 3.8) is 0 Å². The van der Waals surface area contributed by atoms with Crippen LogP contribution in [0.5, 0.6) is 5.75 Å². The summed E-state index contributed by atoms with van der Waals surface area (Å²) in [6.07, 6.45) is 3.06. The zero-order valence-corrected chi connectivity index (χ0v) is 20.4. The fourth-order valence-corrected chi connectivity index (χ4v) is 4.36. The molecular weight excluding hydrogens is 493 g/mol. The summed E-state index contributed by atoms with van der Waals surface area (Å²) in [5, 5.41) is 15.2. The number of piperazine rings is 1. The van der Waals surface area contributed by atoms with E-state index in [4.69, 9.17) is 14.9 Å². The van der Waals surface area contributed by atoms with Crippen LogP contribution in [-0.2, 0) is 6.61 Å². The molecule has 0 atom stereocenters. The van der Waals surface area contributed by atoms with Crippen molar-refractivity contribution in [2.75, 3.05) is 55.2 Å². The molecule has 0 spiro atoms. The first-order valence-corrected chi connectivity index (χ1v) is 12.2. The van der Waals surface area contributed by atoms with Gasteiger partial charge in [0.1, 0.15) is 30.2 Å². The Morgan fingerprint density at radius 3 is 2.79 bits per heavy atom. The van der Waals surface area contributed by atoms with Gasteiger partial charge in [0, 0.05) is 51.4 Å². The Kier molecular flexibility index (Phi) is 6.44. The van der Waals surface area contributed by atoms with E-state index in [9.17, 15) is 4.39 Å². The Morgan fingerprint density at radius 1 is 1.13 bits per heavy atom. The van der Waals surface area contributed by atoms with Crippen LogP contribution in [0.3, 0.4) is 0 Å². The van der Waals surface area contributed by atoms with Crippen molar-refractivity contribution in [2.45, 2.75) is 6.61 Å². The molecule has 0 radical (unpaired) electrons. The summed E-state index contributed by atoms with van der Waals surface area (Å²) in [6, 6.07) is 10.4. The minimum atomic E-state index is -0.310. The Balaban J connectivity index is 0.992. The van der Waals surface area contributed by atoms with Gasteiger partial charge in [-0.2, -0.15) is 19.6 Å². The molecule has 1 aliphatic heterocycles. The quantitative estimate of drug-likeness (QED) is 0.262. The monoisotopic (exact) mass is 519 g/mol. The second-order valence-corrected chi connectivity index (χ2v) is 8.78. The molecule has 1 aromatic carbocycles. The fraction of sp³-hybridized carbons (Fsp3) is 0.292. The highest BCUT2D eigenvalue weighted by atomic mass is 19.1. The normalized spacial score (nSPS) is 14.3. The number of benzene rings is 1. The first-order valence-electron chi connectivity index (χ1n) is 12.2. The molecule has 0 bridgehead atoms. The summed E-state index contributed by atoms with van der Waals surface area (Å²) >= 11 is 0. The van der Waals surface area contributed by atoms with E-state index in [0.29, 0.717) is 46.9 Å². The molecule has 196 valence electrons. The van der Waals surface area contributed by atoms with Gasteiger partial charge in [-0.3, -0.25) is 4.90 Å². The number of aromatic amines is 1. The van der Waals surface area contributed by atoms with Gasteiger partial charge in [-0.1, -0.05) is 0 Å². The van der Waals surface area contributed by atoms with Crippen molar-refractivity contribution in [3.05, 3.63) is 60.6 Å². The van der Waals surface area contributed by atoms with Gasteiger partial charge in [-0.15, -0.1) is 10.2 Å². The lowest BCUT2D eigenvalue weighted by Crippen LogP contribution is -2.48. The minimum absolute atomic E-state index is 0.200. The number of anilines is 3. The number of H-pyrrole nitrogens is 1. The molecule has 0 unspecified atom stereocenters. The fourth-order valence-electron chi connectivity index (χ4n) is 4.36. The van der Waals surface area contributed by atoms with Crippen molar-refractivity contribution < 1.29 is 13.5 Å². The van der Waals surface area contributed by atoms with Crippen LogP contribution >= 0.6 is 0 Å². The number of aromatic nitrogens is 7. The van der Waals surface area contributed by atoms with Crippen LogP contribution in [0.25, 0.3) is 17.1 Å². The van der Waals surface area contributed by atoms with Crippen molar-refractivity contribution >= 4 is 23.2 Å². The van der Waals surface area contributed by atoms with Crippen LogP contribution in [-0.4, -0.2) is 78.9 Å². The van der Waals surface area contributed by atoms with E-state index in [1.165, 1.54) is 16.9 Å². The Morgan fingerprint density at radius 2 is 2.03 bits per heavy atom. The molecule has 4 N–H and O–H groups in total. The van der Waals surface area contributed by atoms with Crippen molar-refractivity contribution in [1.82, 2.24) is 39.7 Å². The number of halogens is 1. The zero-order valence-electron chi connectivity index (χ0n) is 20.4. The smallest absolute Gasteiger partial charge is 0.228 e. The average Bonchev–Trinajstić information content (AvgIpc) is 3.70. The molecule has 6 rings (SSSR count). The number of nitrogens with one attached hydrogen (secondary N) is 2. The number of fused-ring (bicyclic) bond motifs is 1. The molecule has 0 saturated carbocycles. The third-order valence-corrected chi connectivity index (χ3v) is 6.31. The van der Waals surface area contributed by atoms with Crippen LogP contribution in [0.2, 0.25) is 0 Å². The van der Waals surface area contributed by atoms with Gasteiger partial charge in [0.25, 0.3) is 0 Å². The summed E-state index contributed by atoms with van der Waals surface area (Å²) in [6.45, 7) is 4.68. The average molecular weight is 520 g/mol. The summed E-state index contributed by atoms with van der Waals surface area (Å²) < 4.78 is 27.3. The third-order valence-electron chi connectivity index (χ3n) is 6.31. The summed E-state index contributed by atoms with van der Waals surface area (Å²) in [5.74, 6) is 2.02. The topological polar surface area (TPSA) is 152 Å². The molecule has 4 aromatic heterocycles. The van der Waals surface area contributed by atoms with E-state index in [1.807, 2.05) is 11.0 Å². The summed E-state index contributed by atoms with van der Waals surface area (Å²) in [4.78, 5) is 16.0. The predicted octanol–water partition coefficient (Wildman–Crippen LogP) is 2.04. The van der Waals surface area contributed by atoms with Gasteiger partial charge in [-0.05, 0) is 24.3 Å². The van der Waals surface area contributed by atoms with E-state index in [1.54, 1.807) is 30.5 Å². The number of ether oxygens (including phenoxy) is 1. The van der Waals surface area contributed by atoms with Crippen LogP contribution in [0, 0.1) is 5.82 Å². The molecule has 0 amide bonds. The third kappa shape index (κ3) is 5.06. The highest BCUT2D eigenvalue weighted by Gasteiger charge is 2.20. The number of nitrogens with two attached hydrogens (primary N) is 1. The molecule has 13 nitrogen and oxygen atoms in total. The second kappa shape index (κ2) is 10.3. The second-order valence-electron chi connectivity index (χ2n) is 8.78. The maximum absolute atomic E-state index is 14.8. The molecule has 1 fully saturated rings. The standard InChI is InChI=1S/C24H26FN11O2/c25-17-12-16(38-14-21-28-15-29-32-21)3-4-19(17)35-9-7-34(8-10-35)6-5-27-24-30-22-13-18(20-2-1-11-37-20)33-36(22)23(26)31-24/h1-4,11-13,15H,5-10,14H2,(H,28,29,32)(H3,26,27,30,31). The van der Waals surface area contributed by atoms with Crippen LogP contribution in [0.1, 0.15) is 5.82 Å². The van der Waals surface area contributed by atoms with Gasteiger partial charge >= 0.3 is 0 Å². The lowest BCUT2D eigenvalue weighted by molar-refractivity contribution is 0.266. The molecule has 0 aliphatic carbocycles. The van der Waals surface area contributed by atoms with Crippen LogP contribution in [0.15, 0.2) is 53.4 Å². The molecule has 1 saturated heterocycles. The number of nitrogen functional groups attached to an aromatic ring is 1. The number of hydrogen-bond donors (Lipinski definition) is 3. The van der Waals surface area contributed by atoms with Crippen molar-refractivity contribution in [2.24, 2.45) is 0 Å². The zero-order chi connectivity index (χ0) is 25.9. The van der Waals surface area contributed by atoms with Gasteiger partial charge in [0.15, 0.2) is 17.2 Å². The largest absolute Gasteiger partial charge is 0.486 e. The Bertz CT molecular complexity index is 1500. The SMILES string of the molecule is Nc1nc(NCCN2CCN(c3ccc(OCc4nnc[nH]4)cc3F)CC2)nc2cc(-c3ccco3)nn12. The van der Waals surface area contributed by atoms with E-state index in [-0.39, 0.29) is 18.4 Å². The molecular formula is C24H26FN11O2. The van der Waals surface area contributed by atoms with Crippen LogP contribution < -0.4 is 20.7 Å². The van der Waals surface area contributed by atoms with Gasteiger partial charge in [-0.25, -0.2) is 4.39 Å². The van der Waals surface area contributed by atoms with Gasteiger partial charge in [0.05, 0.1) is 12.0 Å². The van der Waals surface area contributed by atoms with E-state index in [0.717, 1.165) is 32.7 Å².